The zero-order valence-corrected chi connectivity index (χ0v) is 21.5. The van der Waals surface area contributed by atoms with Crippen LogP contribution in [-0.4, -0.2) is 42.4 Å². The fourth-order valence-corrected chi connectivity index (χ4v) is 6.02. The predicted molar refractivity (Wildman–Crippen MR) is 144 cm³/mol. The highest BCUT2D eigenvalue weighted by molar-refractivity contribution is 6.09. The third-order valence-electron chi connectivity index (χ3n) is 8.06. The number of carbonyl (C=O) groups excluding carboxylic acids is 2. The molecular weight excluding hydrogens is 462 g/mol. The summed E-state index contributed by atoms with van der Waals surface area (Å²) in [6.07, 6.45) is 12.9. The van der Waals surface area contributed by atoms with E-state index in [9.17, 15) is 9.59 Å². The van der Waals surface area contributed by atoms with Gasteiger partial charge < -0.3 is 19.4 Å². The van der Waals surface area contributed by atoms with Crippen LogP contribution in [0.2, 0.25) is 0 Å². The monoisotopic (exact) mass is 495 g/mol. The molecule has 2 amide bonds. The second kappa shape index (κ2) is 9.21. The molecule has 0 bridgehead atoms. The topological polar surface area (TPSA) is 72.2 Å². The van der Waals surface area contributed by atoms with Crippen LogP contribution in [0.4, 0.5) is 0 Å². The van der Waals surface area contributed by atoms with Crippen molar-refractivity contribution < 1.29 is 9.59 Å². The van der Waals surface area contributed by atoms with Crippen molar-refractivity contribution in [1.29, 1.82) is 0 Å². The fourth-order valence-electron chi connectivity index (χ4n) is 6.02. The number of aromatic nitrogens is 3. The lowest BCUT2D eigenvalue weighted by atomic mass is 9.91. The molecule has 4 heterocycles. The van der Waals surface area contributed by atoms with Crippen LogP contribution in [0.15, 0.2) is 67.3 Å². The maximum Gasteiger partial charge on any atom is 0.273 e. The van der Waals surface area contributed by atoms with Gasteiger partial charge in [0.15, 0.2) is 0 Å². The Kier molecular flexibility index (Phi) is 5.86. The summed E-state index contributed by atoms with van der Waals surface area (Å²) in [6.45, 7) is 4.67. The Morgan fingerprint density at radius 3 is 2.62 bits per heavy atom. The summed E-state index contributed by atoms with van der Waals surface area (Å²) in [5, 5.41) is 4.33. The molecule has 1 N–H and O–H groups in total. The van der Waals surface area contributed by atoms with Gasteiger partial charge in [-0.05, 0) is 62.6 Å². The summed E-state index contributed by atoms with van der Waals surface area (Å²) in [4.78, 5) is 34.5. The second-order valence-corrected chi connectivity index (χ2v) is 10.7. The SMILES string of the molecule is Cc1ccc2c(c1)c(-n1cccc1)c1n2CC(C)(C(=O)NC2CCCCC2)N(Cc2cccnc2)C1=O. The molecule has 0 radical (unpaired) electrons. The average Bonchev–Trinajstić information content (AvgIpc) is 3.54. The van der Waals surface area contributed by atoms with Crippen molar-refractivity contribution in [2.24, 2.45) is 0 Å². The van der Waals surface area contributed by atoms with Crippen LogP contribution in [-0.2, 0) is 17.9 Å². The van der Waals surface area contributed by atoms with Crippen LogP contribution in [0.3, 0.4) is 0 Å². The summed E-state index contributed by atoms with van der Waals surface area (Å²) in [5.41, 5.74) is 3.41. The number of benzene rings is 1. The first kappa shape index (κ1) is 23.5. The number of fused-ring (bicyclic) bond motifs is 3. The zero-order valence-electron chi connectivity index (χ0n) is 21.5. The first-order chi connectivity index (χ1) is 18.0. The average molecular weight is 496 g/mol. The van der Waals surface area contributed by atoms with Gasteiger partial charge in [-0.25, -0.2) is 0 Å². The number of pyridine rings is 1. The Balaban J connectivity index is 1.51. The minimum Gasteiger partial charge on any atom is -0.351 e. The molecule has 190 valence electrons. The number of hydrogen-bond acceptors (Lipinski definition) is 3. The van der Waals surface area contributed by atoms with Gasteiger partial charge in [-0.15, -0.1) is 0 Å². The molecule has 4 aromatic rings. The first-order valence-corrected chi connectivity index (χ1v) is 13.2. The van der Waals surface area contributed by atoms with E-state index < -0.39 is 5.54 Å². The number of carbonyl (C=O) groups is 2. The van der Waals surface area contributed by atoms with Crippen LogP contribution in [0.25, 0.3) is 16.6 Å². The number of amides is 2. The Morgan fingerprint density at radius 1 is 1.11 bits per heavy atom. The van der Waals surface area contributed by atoms with E-state index in [0.717, 1.165) is 53.4 Å². The number of nitrogens with zero attached hydrogens (tertiary/aromatic N) is 4. The quantitative estimate of drug-likeness (QED) is 0.424. The molecule has 7 heteroatoms. The van der Waals surface area contributed by atoms with Gasteiger partial charge in [0.05, 0.1) is 17.7 Å². The molecule has 1 atom stereocenters. The summed E-state index contributed by atoms with van der Waals surface area (Å²) < 4.78 is 4.07. The van der Waals surface area contributed by atoms with Crippen molar-refractivity contribution in [2.75, 3.05) is 0 Å². The van der Waals surface area contributed by atoms with Gasteiger partial charge in [-0.3, -0.25) is 14.6 Å². The maximum atomic E-state index is 14.5. The van der Waals surface area contributed by atoms with Crippen LogP contribution in [0.5, 0.6) is 0 Å². The predicted octanol–water partition coefficient (Wildman–Crippen LogP) is 5.00. The van der Waals surface area contributed by atoms with E-state index in [4.69, 9.17) is 0 Å². The highest BCUT2D eigenvalue weighted by Gasteiger charge is 2.49. The molecule has 1 saturated carbocycles. The van der Waals surface area contributed by atoms with E-state index in [1.54, 1.807) is 17.3 Å². The highest BCUT2D eigenvalue weighted by Crippen LogP contribution is 2.39. The molecular formula is C30H33N5O2. The molecule has 1 unspecified atom stereocenters. The molecule has 0 spiro atoms. The van der Waals surface area contributed by atoms with Gasteiger partial charge >= 0.3 is 0 Å². The minimum absolute atomic E-state index is 0.0845. The summed E-state index contributed by atoms with van der Waals surface area (Å²) in [5.74, 6) is -0.229. The first-order valence-electron chi connectivity index (χ1n) is 13.2. The molecule has 2 aliphatic rings. The maximum absolute atomic E-state index is 14.5. The van der Waals surface area contributed by atoms with Crippen molar-refractivity contribution in [2.45, 2.75) is 70.6 Å². The number of hydrogen-bond donors (Lipinski definition) is 1. The van der Waals surface area contributed by atoms with E-state index >= 15 is 0 Å². The zero-order chi connectivity index (χ0) is 25.6. The lowest BCUT2D eigenvalue weighted by Gasteiger charge is -2.45. The van der Waals surface area contributed by atoms with Crippen LogP contribution >= 0.6 is 0 Å². The number of rotatable bonds is 5. The Hall–Kier alpha value is -3.87. The van der Waals surface area contributed by atoms with Crippen molar-refractivity contribution in [3.63, 3.8) is 0 Å². The van der Waals surface area contributed by atoms with Gasteiger partial charge in [0.25, 0.3) is 5.91 Å². The third kappa shape index (κ3) is 4.02. The van der Waals surface area contributed by atoms with E-state index in [2.05, 4.69) is 40.0 Å². The molecule has 1 aromatic carbocycles. The van der Waals surface area contributed by atoms with Crippen LogP contribution in [0, 0.1) is 6.92 Å². The summed E-state index contributed by atoms with van der Waals surface area (Å²) in [6, 6.07) is 14.2. The van der Waals surface area contributed by atoms with Crippen molar-refractivity contribution in [3.8, 4) is 5.69 Å². The van der Waals surface area contributed by atoms with Gasteiger partial charge in [-0.1, -0.05) is 37.0 Å². The molecule has 1 fully saturated rings. The Bertz CT molecular complexity index is 1450. The molecule has 1 aliphatic carbocycles. The van der Waals surface area contributed by atoms with Crippen LogP contribution < -0.4 is 5.32 Å². The van der Waals surface area contributed by atoms with Gasteiger partial charge in [-0.2, -0.15) is 0 Å². The normalized spacial score (nSPS) is 20.3. The van der Waals surface area contributed by atoms with Crippen LogP contribution in [0.1, 0.15) is 60.6 Å². The van der Waals surface area contributed by atoms with Crippen molar-refractivity contribution in [1.82, 2.24) is 24.3 Å². The molecule has 37 heavy (non-hydrogen) atoms. The second-order valence-electron chi connectivity index (χ2n) is 10.7. The molecule has 0 saturated heterocycles. The molecule has 7 nitrogen and oxygen atoms in total. The standard InChI is InChI=1S/C30H33N5O2/c1-21-12-13-25-24(17-21)26(33-15-6-7-16-33)27-28(36)35(19-22-9-8-14-31-18-22)30(2,20-34(25)27)29(37)32-23-10-4-3-5-11-23/h6-9,12-18,23H,3-5,10-11,19-20H2,1-2H3,(H,32,37). The van der Waals surface area contributed by atoms with Crippen molar-refractivity contribution in [3.05, 3.63) is 84.1 Å². The number of aryl methyl sites for hydroxylation is 1. The van der Waals surface area contributed by atoms with E-state index in [1.165, 1.54) is 6.42 Å². The molecule has 6 rings (SSSR count). The molecule has 1 aliphatic heterocycles. The van der Waals surface area contributed by atoms with Gasteiger partial charge in [0, 0.05) is 42.8 Å². The smallest absolute Gasteiger partial charge is 0.273 e. The lowest BCUT2D eigenvalue weighted by Crippen LogP contribution is -2.64. The van der Waals surface area contributed by atoms with Gasteiger partial charge in [0.2, 0.25) is 5.91 Å². The summed E-state index contributed by atoms with van der Waals surface area (Å²) in [7, 11) is 0. The van der Waals surface area contributed by atoms with E-state index in [-0.39, 0.29) is 17.9 Å². The van der Waals surface area contributed by atoms with Gasteiger partial charge in [0.1, 0.15) is 11.2 Å². The molecule has 3 aromatic heterocycles. The van der Waals surface area contributed by atoms with E-state index in [1.807, 2.05) is 48.1 Å². The minimum atomic E-state index is -1.05. The highest BCUT2D eigenvalue weighted by atomic mass is 16.2. The largest absolute Gasteiger partial charge is 0.351 e. The van der Waals surface area contributed by atoms with Crippen molar-refractivity contribution >= 4 is 22.7 Å². The third-order valence-corrected chi connectivity index (χ3v) is 8.06. The fraction of sp³-hybridized carbons (Fsp3) is 0.367. The Labute approximate surface area is 217 Å². The Morgan fingerprint density at radius 2 is 1.89 bits per heavy atom. The van der Waals surface area contributed by atoms with E-state index in [0.29, 0.717) is 18.8 Å². The number of nitrogens with one attached hydrogen (secondary N) is 1. The summed E-state index contributed by atoms with van der Waals surface area (Å²) >= 11 is 0. The lowest BCUT2D eigenvalue weighted by molar-refractivity contribution is -0.134.